The van der Waals surface area contributed by atoms with Gasteiger partial charge in [0, 0.05) is 50.8 Å². The minimum atomic E-state index is 0.262. The lowest BCUT2D eigenvalue weighted by molar-refractivity contribution is 0.120. The molecule has 1 saturated heterocycles. The maximum atomic E-state index is 5.73. The summed E-state index contributed by atoms with van der Waals surface area (Å²) < 4.78 is 5.73. The molecule has 1 aliphatic rings. The van der Waals surface area contributed by atoms with E-state index in [2.05, 4.69) is 27.3 Å². The summed E-state index contributed by atoms with van der Waals surface area (Å²) in [5, 5.41) is 3.45. The molecule has 6 nitrogen and oxygen atoms in total. The molecule has 29 heavy (non-hydrogen) atoms. The van der Waals surface area contributed by atoms with E-state index in [9.17, 15) is 0 Å². The van der Waals surface area contributed by atoms with Crippen LogP contribution in [0.3, 0.4) is 0 Å². The monoisotopic (exact) mass is 389 g/mol. The van der Waals surface area contributed by atoms with E-state index in [1.807, 2.05) is 55.8 Å². The van der Waals surface area contributed by atoms with Gasteiger partial charge >= 0.3 is 0 Å². The summed E-state index contributed by atoms with van der Waals surface area (Å²) in [4.78, 5) is 15.8. The van der Waals surface area contributed by atoms with Gasteiger partial charge in [-0.15, -0.1) is 0 Å². The first kappa shape index (κ1) is 19.3. The van der Waals surface area contributed by atoms with E-state index >= 15 is 0 Å². The molecular weight excluding hydrogens is 362 g/mol. The summed E-state index contributed by atoms with van der Waals surface area (Å²) in [5.74, 6) is 1.55. The second-order valence-electron chi connectivity index (χ2n) is 7.35. The van der Waals surface area contributed by atoms with Gasteiger partial charge in [0.1, 0.15) is 5.82 Å². The molecule has 4 rings (SSSR count). The highest BCUT2D eigenvalue weighted by Crippen LogP contribution is 2.23. The van der Waals surface area contributed by atoms with E-state index in [-0.39, 0.29) is 6.10 Å². The Bertz CT molecular complexity index is 898. The van der Waals surface area contributed by atoms with Crippen LogP contribution in [0.1, 0.15) is 18.4 Å². The molecule has 3 heterocycles. The third-order valence-electron chi connectivity index (χ3n) is 5.15. The third kappa shape index (κ3) is 5.29. The fourth-order valence-electron chi connectivity index (χ4n) is 3.42. The van der Waals surface area contributed by atoms with Crippen LogP contribution in [0.4, 0.5) is 11.8 Å². The van der Waals surface area contributed by atoms with Crippen LogP contribution in [0.5, 0.6) is 0 Å². The van der Waals surface area contributed by atoms with Gasteiger partial charge < -0.3 is 15.0 Å². The summed E-state index contributed by atoms with van der Waals surface area (Å²) in [7, 11) is 2.04. The minimum Gasteiger partial charge on any atom is -0.376 e. The van der Waals surface area contributed by atoms with Crippen molar-refractivity contribution >= 4 is 11.8 Å². The van der Waals surface area contributed by atoms with Crippen molar-refractivity contribution < 1.29 is 4.74 Å². The molecule has 0 bridgehead atoms. The highest BCUT2D eigenvalue weighted by molar-refractivity contribution is 5.64. The first-order valence-corrected chi connectivity index (χ1v) is 10.2. The van der Waals surface area contributed by atoms with Crippen molar-refractivity contribution in [2.24, 2.45) is 0 Å². The number of hydrogen-bond donors (Lipinski definition) is 1. The summed E-state index contributed by atoms with van der Waals surface area (Å²) in [6.07, 6.45) is 7.06. The van der Waals surface area contributed by atoms with Gasteiger partial charge in [0.2, 0.25) is 5.95 Å². The Morgan fingerprint density at radius 2 is 1.93 bits per heavy atom. The highest BCUT2D eigenvalue weighted by Gasteiger charge is 2.16. The van der Waals surface area contributed by atoms with Crippen LogP contribution in [0.25, 0.3) is 11.3 Å². The van der Waals surface area contributed by atoms with Crippen molar-refractivity contribution in [1.29, 1.82) is 0 Å². The number of benzene rings is 1. The van der Waals surface area contributed by atoms with Gasteiger partial charge in [-0.3, -0.25) is 4.98 Å². The van der Waals surface area contributed by atoms with Crippen molar-refractivity contribution in [1.82, 2.24) is 15.0 Å². The van der Waals surface area contributed by atoms with E-state index in [0.717, 1.165) is 62.0 Å². The zero-order chi connectivity index (χ0) is 19.9. The first-order chi connectivity index (χ1) is 14.3. The number of ether oxygens (including phenoxy) is 1. The second-order valence-corrected chi connectivity index (χ2v) is 7.35. The maximum Gasteiger partial charge on any atom is 0.227 e. The smallest absolute Gasteiger partial charge is 0.227 e. The van der Waals surface area contributed by atoms with E-state index in [4.69, 9.17) is 14.7 Å². The number of rotatable bonds is 8. The van der Waals surface area contributed by atoms with Gasteiger partial charge in [0.25, 0.3) is 0 Å². The van der Waals surface area contributed by atoms with Crippen LogP contribution in [0.2, 0.25) is 0 Å². The summed E-state index contributed by atoms with van der Waals surface area (Å²) in [6, 6.07) is 16.3. The molecule has 6 heteroatoms. The predicted molar refractivity (Wildman–Crippen MR) is 116 cm³/mol. The SMILES string of the molecule is CN(CCc1ccncc1)c1nc(NCC2CCCO2)cc(-c2ccccc2)n1. The molecule has 0 amide bonds. The second kappa shape index (κ2) is 9.47. The minimum absolute atomic E-state index is 0.262. The molecule has 1 atom stereocenters. The Kier molecular flexibility index (Phi) is 6.32. The van der Waals surface area contributed by atoms with Gasteiger partial charge in [-0.25, -0.2) is 4.98 Å². The van der Waals surface area contributed by atoms with Gasteiger partial charge in [-0.2, -0.15) is 4.98 Å². The molecule has 2 aromatic heterocycles. The lowest BCUT2D eigenvalue weighted by Gasteiger charge is -2.20. The van der Waals surface area contributed by atoms with Crippen molar-refractivity contribution in [3.8, 4) is 11.3 Å². The maximum absolute atomic E-state index is 5.73. The van der Waals surface area contributed by atoms with Gasteiger partial charge in [0.15, 0.2) is 0 Å². The van der Waals surface area contributed by atoms with Crippen LogP contribution >= 0.6 is 0 Å². The van der Waals surface area contributed by atoms with Gasteiger partial charge in [-0.1, -0.05) is 30.3 Å². The lowest BCUT2D eigenvalue weighted by Crippen LogP contribution is -2.24. The lowest BCUT2D eigenvalue weighted by atomic mass is 10.1. The Morgan fingerprint density at radius 1 is 1.10 bits per heavy atom. The number of hydrogen-bond acceptors (Lipinski definition) is 6. The summed E-state index contributed by atoms with van der Waals surface area (Å²) in [6.45, 7) is 2.45. The van der Waals surface area contributed by atoms with Crippen molar-refractivity contribution in [3.63, 3.8) is 0 Å². The fourth-order valence-corrected chi connectivity index (χ4v) is 3.42. The topological polar surface area (TPSA) is 63.2 Å². The van der Waals surface area contributed by atoms with Crippen LogP contribution < -0.4 is 10.2 Å². The molecule has 0 radical (unpaired) electrons. The number of aromatic nitrogens is 3. The van der Waals surface area contributed by atoms with Crippen LogP contribution in [0, 0.1) is 0 Å². The predicted octanol–water partition coefficient (Wildman–Crippen LogP) is 3.81. The number of nitrogens with zero attached hydrogens (tertiary/aromatic N) is 4. The summed E-state index contributed by atoms with van der Waals surface area (Å²) in [5.41, 5.74) is 3.25. The normalized spacial score (nSPS) is 16.0. The molecular formula is C23H27N5O. The molecule has 0 spiro atoms. The standard InChI is InChI=1S/C23H27N5O/c1-28(14-11-18-9-12-24-13-10-18)23-26-21(19-6-3-2-4-7-19)16-22(27-23)25-17-20-8-5-15-29-20/h2-4,6-7,9-10,12-13,16,20H,5,8,11,14-15,17H2,1H3,(H,25,26,27). The molecule has 1 fully saturated rings. The molecule has 1 N–H and O–H groups in total. The number of pyridine rings is 1. The summed E-state index contributed by atoms with van der Waals surface area (Å²) >= 11 is 0. The Labute approximate surface area is 172 Å². The third-order valence-corrected chi connectivity index (χ3v) is 5.15. The Morgan fingerprint density at radius 3 is 2.69 bits per heavy atom. The van der Waals surface area contributed by atoms with E-state index in [1.165, 1.54) is 5.56 Å². The fraction of sp³-hybridized carbons (Fsp3) is 0.348. The van der Waals surface area contributed by atoms with E-state index in [0.29, 0.717) is 0 Å². The number of likely N-dealkylation sites (N-methyl/N-ethyl adjacent to an activating group) is 1. The van der Waals surface area contributed by atoms with Crippen LogP contribution in [-0.4, -0.2) is 47.8 Å². The van der Waals surface area contributed by atoms with Gasteiger partial charge in [0.05, 0.1) is 11.8 Å². The largest absolute Gasteiger partial charge is 0.376 e. The molecule has 1 aliphatic heterocycles. The molecule has 0 aliphatic carbocycles. The average molecular weight is 390 g/mol. The number of nitrogens with one attached hydrogen (secondary N) is 1. The van der Waals surface area contributed by atoms with Crippen molar-refractivity contribution in [2.45, 2.75) is 25.4 Å². The van der Waals surface area contributed by atoms with Crippen molar-refractivity contribution in [3.05, 3.63) is 66.5 Å². The zero-order valence-electron chi connectivity index (χ0n) is 16.8. The molecule has 1 aromatic carbocycles. The zero-order valence-corrected chi connectivity index (χ0v) is 16.8. The first-order valence-electron chi connectivity index (χ1n) is 10.2. The quantitative estimate of drug-likeness (QED) is 0.632. The number of anilines is 2. The van der Waals surface area contributed by atoms with Gasteiger partial charge in [-0.05, 0) is 37.0 Å². The van der Waals surface area contributed by atoms with Crippen LogP contribution in [-0.2, 0) is 11.2 Å². The Balaban J connectivity index is 1.53. The Hall–Kier alpha value is -2.99. The molecule has 1 unspecified atom stereocenters. The van der Waals surface area contributed by atoms with E-state index < -0.39 is 0 Å². The molecule has 0 saturated carbocycles. The van der Waals surface area contributed by atoms with E-state index in [1.54, 1.807) is 0 Å². The molecule has 3 aromatic rings. The highest BCUT2D eigenvalue weighted by atomic mass is 16.5. The van der Waals surface area contributed by atoms with Crippen molar-refractivity contribution in [2.75, 3.05) is 37.0 Å². The van der Waals surface area contributed by atoms with Crippen LogP contribution in [0.15, 0.2) is 60.9 Å². The average Bonchev–Trinajstić information content (AvgIpc) is 3.31. The molecule has 150 valence electrons.